The Bertz CT molecular complexity index is 245. The molecule has 0 aliphatic carbocycles. The number of benzene rings is 1. The lowest BCUT2D eigenvalue weighted by molar-refractivity contribution is 0.328. The van der Waals surface area contributed by atoms with Crippen LogP contribution in [0.4, 0.5) is 0 Å². The largest absolute Gasteiger partial charge is 0.489 e. The molecule has 12 heavy (non-hydrogen) atoms. The maximum absolute atomic E-state index is 5.81. The minimum absolute atomic E-state index is 0.420. The molecule has 0 bridgehead atoms. The number of halogens is 2. The lowest BCUT2D eigenvalue weighted by Gasteiger charge is -2.07. The van der Waals surface area contributed by atoms with Crippen molar-refractivity contribution in [2.75, 3.05) is 13.2 Å². The number of ether oxygens (including phenoxy) is 1. The third-order valence-corrected chi connectivity index (χ3v) is 1.88. The van der Waals surface area contributed by atoms with Gasteiger partial charge in [0.2, 0.25) is 0 Å². The lowest BCUT2D eigenvalue weighted by atomic mass is 10.3. The number of hydrogen-bond acceptors (Lipinski definition) is 2. The average Bonchev–Trinajstić information content (AvgIpc) is 2.04. The Kier molecular flexibility index (Phi) is 3.66. The number of hydrogen-bond donors (Lipinski definition) is 1. The Morgan fingerprint density at radius 2 is 1.83 bits per heavy atom. The Balaban J connectivity index is 2.81. The zero-order chi connectivity index (χ0) is 8.97. The standard InChI is InChI=1S/C8H9Cl2NO/c9-6-2-1-3-7(10)8(6)12-5-4-11/h1-3H,4-5,11H2. The molecule has 0 atom stereocenters. The molecule has 0 radical (unpaired) electrons. The monoisotopic (exact) mass is 205 g/mol. The molecule has 0 heterocycles. The van der Waals surface area contributed by atoms with Crippen molar-refractivity contribution in [3.05, 3.63) is 28.2 Å². The van der Waals surface area contributed by atoms with E-state index in [-0.39, 0.29) is 0 Å². The fourth-order valence-electron chi connectivity index (χ4n) is 0.781. The molecule has 2 nitrogen and oxygen atoms in total. The van der Waals surface area contributed by atoms with E-state index < -0.39 is 0 Å². The summed E-state index contributed by atoms with van der Waals surface area (Å²) in [6.07, 6.45) is 0. The molecule has 0 spiro atoms. The molecule has 0 aliphatic heterocycles. The molecule has 0 saturated heterocycles. The molecule has 4 heteroatoms. The fourth-order valence-corrected chi connectivity index (χ4v) is 1.29. The van der Waals surface area contributed by atoms with E-state index in [9.17, 15) is 0 Å². The first-order chi connectivity index (χ1) is 5.75. The predicted molar refractivity (Wildman–Crippen MR) is 51.0 cm³/mol. The summed E-state index contributed by atoms with van der Waals surface area (Å²) in [4.78, 5) is 0. The summed E-state index contributed by atoms with van der Waals surface area (Å²) in [5.74, 6) is 0.506. The Labute approximate surface area is 81.2 Å². The van der Waals surface area contributed by atoms with Gasteiger partial charge in [0.05, 0.1) is 10.0 Å². The van der Waals surface area contributed by atoms with Gasteiger partial charge in [-0.1, -0.05) is 29.3 Å². The first kappa shape index (κ1) is 9.65. The number of nitrogens with two attached hydrogens (primary N) is 1. The van der Waals surface area contributed by atoms with E-state index in [0.717, 1.165) is 0 Å². The van der Waals surface area contributed by atoms with Crippen molar-refractivity contribution >= 4 is 23.2 Å². The van der Waals surface area contributed by atoms with Crippen LogP contribution in [0.2, 0.25) is 10.0 Å². The highest BCUT2D eigenvalue weighted by molar-refractivity contribution is 6.37. The molecule has 0 amide bonds. The topological polar surface area (TPSA) is 35.2 Å². The Hall–Kier alpha value is -0.440. The van der Waals surface area contributed by atoms with Gasteiger partial charge in [0, 0.05) is 6.54 Å². The number of rotatable bonds is 3. The molecule has 0 aliphatic rings. The summed E-state index contributed by atoms with van der Waals surface area (Å²) in [6.45, 7) is 0.866. The van der Waals surface area contributed by atoms with Gasteiger partial charge in [-0.05, 0) is 12.1 Å². The van der Waals surface area contributed by atoms with Gasteiger partial charge in [-0.15, -0.1) is 0 Å². The molecule has 0 unspecified atom stereocenters. The fraction of sp³-hybridized carbons (Fsp3) is 0.250. The molecule has 1 aromatic carbocycles. The summed E-state index contributed by atoms with van der Waals surface area (Å²) in [6, 6.07) is 5.21. The minimum Gasteiger partial charge on any atom is -0.489 e. The summed E-state index contributed by atoms with van der Waals surface area (Å²) in [5, 5.41) is 1.02. The quantitative estimate of drug-likeness (QED) is 0.823. The van der Waals surface area contributed by atoms with Gasteiger partial charge in [0.25, 0.3) is 0 Å². The van der Waals surface area contributed by atoms with Gasteiger partial charge in [0.15, 0.2) is 5.75 Å². The van der Waals surface area contributed by atoms with Crippen LogP contribution >= 0.6 is 23.2 Å². The third-order valence-electron chi connectivity index (χ3n) is 1.28. The highest BCUT2D eigenvalue weighted by Crippen LogP contribution is 2.31. The summed E-state index contributed by atoms with van der Waals surface area (Å²) in [7, 11) is 0. The molecule has 1 rings (SSSR count). The second-order valence-corrected chi connectivity index (χ2v) is 3.00. The van der Waals surface area contributed by atoms with E-state index in [4.69, 9.17) is 33.7 Å². The van der Waals surface area contributed by atoms with Crippen LogP contribution in [-0.2, 0) is 0 Å². The normalized spacial score (nSPS) is 9.92. The van der Waals surface area contributed by atoms with Crippen LogP contribution in [0, 0.1) is 0 Å². The first-order valence-electron chi connectivity index (χ1n) is 3.52. The summed E-state index contributed by atoms with van der Waals surface area (Å²) >= 11 is 11.6. The van der Waals surface area contributed by atoms with Crippen molar-refractivity contribution in [3.8, 4) is 5.75 Å². The minimum atomic E-state index is 0.420. The maximum Gasteiger partial charge on any atom is 0.156 e. The van der Waals surface area contributed by atoms with Gasteiger partial charge in [-0.3, -0.25) is 0 Å². The second-order valence-electron chi connectivity index (χ2n) is 2.19. The predicted octanol–water partition coefficient (Wildman–Crippen LogP) is 2.33. The van der Waals surface area contributed by atoms with E-state index in [1.807, 2.05) is 0 Å². The number of para-hydroxylation sites is 1. The van der Waals surface area contributed by atoms with Crippen LogP contribution in [0.3, 0.4) is 0 Å². The molecular formula is C8H9Cl2NO. The highest BCUT2D eigenvalue weighted by atomic mass is 35.5. The average molecular weight is 206 g/mol. The zero-order valence-electron chi connectivity index (χ0n) is 6.39. The van der Waals surface area contributed by atoms with E-state index in [0.29, 0.717) is 28.9 Å². The smallest absolute Gasteiger partial charge is 0.156 e. The molecule has 1 aromatic rings. The van der Waals surface area contributed by atoms with Crippen molar-refractivity contribution in [1.82, 2.24) is 0 Å². The van der Waals surface area contributed by atoms with Crippen molar-refractivity contribution < 1.29 is 4.74 Å². The van der Waals surface area contributed by atoms with E-state index in [1.165, 1.54) is 0 Å². The van der Waals surface area contributed by atoms with E-state index in [1.54, 1.807) is 18.2 Å². The zero-order valence-corrected chi connectivity index (χ0v) is 7.90. The third kappa shape index (κ3) is 2.27. The highest BCUT2D eigenvalue weighted by Gasteiger charge is 2.04. The molecule has 0 aromatic heterocycles. The van der Waals surface area contributed by atoms with Gasteiger partial charge in [-0.2, -0.15) is 0 Å². The van der Waals surface area contributed by atoms with Crippen LogP contribution in [0.25, 0.3) is 0 Å². The summed E-state index contributed by atoms with van der Waals surface area (Å²) in [5.41, 5.74) is 5.27. The molecule has 0 saturated carbocycles. The second kappa shape index (κ2) is 4.55. The summed E-state index contributed by atoms with van der Waals surface area (Å²) < 4.78 is 5.23. The molecular weight excluding hydrogens is 197 g/mol. The van der Waals surface area contributed by atoms with Crippen LogP contribution < -0.4 is 10.5 Å². The van der Waals surface area contributed by atoms with Crippen molar-refractivity contribution in [2.24, 2.45) is 5.73 Å². The molecule has 2 N–H and O–H groups in total. The van der Waals surface area contributed by atoms with Gasteiger partial charge >= 0.3 is 0 Å². The van der Waals surface area contributed by atoms with Crippen LogP contribution in [0.15, 0.2) is 18.2 Å². The first-order valence-corrected chi connectivity index (χ1v) is 4.28. The van der Waals surface area contributed by atoms with Gasteiger partial charge in [0.1, 0.15) is 6.61 Å². The Morgan fingerprint density at radius 1 is 1.25 bits per heavy atom. The lowest BCUT2D eigenvalue weighted by Crippen LogP contribution is -2.10. The van der Waals surface area contributed by atoms with E-state index >= 15 is 0 Å². The van der Waals surface area contributed by atoms with Crippen molar-refractivity contribution in [3.63, 3.8) is 0 Å². The maximum atomic E-state index is 5.81. The van der Waals surface area contributed by atoms with Gasteiger partial charge < -0.3 is 10.5 Å². The van der Waals surface area contributed by atoms with Crippen molar-refractivity contribution in [1.29, 1.82) is 0 Å². The van der Waals surface area contributed by atoms with Gasteiger partial charge in [-0.25, -0.2) is 0 Å². The van der Waals surface area contributed by atoms with E-state index in [2.05, 4.69) is 0 Å². The van der Waals surface area contributed by atoms with Crippen LogP contribution in [-0.4, -0.2) is 13.2 Å². The van der Waals surface area contributed by atoms with Crippen LogP contribution in [0.5, 0.6) is 5.75 Å². The Morgan fingerprint density at radius 3 is 2.33 bits per heavy atom. The molecule has 0 fully saturated rings. The molecule has 66 valence electrons. The SMILES string of the molecule is NCCOc1c(Cl)cccc1Cl. The van der Waals surface area contributed by atoms with Crippen LogP contribution in [0.1, 0.15) is 0 Å². The van der Waals surface area contributed by atoms with Crippen molar-refractivity contribution in [2.45, 2.75) is 0 Å².